The average molecular weight is 407 g/mol. The molecule has 1 heterocycles. The number of hydrogen-bond donors (Lipinski definition) is 1. The second-order valence-corrected chi connectivity index (χ2v) is 9.07. The summed E-state index contributed by atoms with van der Waals surface area (Å²) in [6.07, 6.45) is 3.10. The first-order chi connectivity index (χ1) is 14.3. The molecule has 2 aromatic carbocycles. The summed E-state index contributed by atoms with van der Waals surface area (Å²) < 4.78 is 0. The van der Waals surface area contributed by atoms with Gasteiger partial charge in [0, 0.05) is 13.1 Å². The van der Waals surface area contributed by atoms with Gasteiger partial charge in [-0.25, -0.2) is 0 Å². The highest BCUT2D eigenvalue weighted by molar-refractivity contribution is 6.05. The second-order valence-electron chi connectivity index (χ2n) is 9.07. The SMILES string of the molecule is CC(C)Cc1ccc(C(C)C(=O)Nc2ccccc2C(=O)N2CCC(C)CC2)cc1. The summed E-state index contributed by atoms with van der Waals surface area (Å²) in [5.41, 5.74) is 3.43. The molecular formula is C26H34N2O2. The number of hydrogen-bond acceptors (Lipinski definition) is 2. The number of nitrogens with zero attached hydrogens (tertiary/aromatic N) is 1. The molecule has 30 heavy (non-hydrogen) atoms. The molecule has 4 heteroatoms. The molecule has 3 rings (SSSR count). The van der Waals surface area contributed by atoms with Crippen molar-refractivity contribution >= 4 is 17.5 Å². The summed E-state index contributed by atoms with van der Waals surface area (Å²) in [5.74, 6) is 0.880. The van der Waals surface area contributed by atoms with Gasteiger partial charge in [-0.1, -0.05) is 57.2 Å². The Bertz CT molecular complexity index is 865. The molecule has 160 valence electrons. The Balaban J connectivity index is 1.70. The van der Waals surface area contributed by atoms with Gasteiger partial charge in [-0.2, -0.15) is 0 Å². The molecule has 1 aliphatic rings. The van der Waals surface area contributed by atoms with Crippen molar-refractivity contribution in [3.05, 3.63) is 65.2 Å². The van der Waals surface area contributed by atoms with E-state index in [1.165, 1.54) is 5.56 Å². The zero-order valence-electron chi connectivity index (χ0n) is 18.7. The fraction of sp³-hybridized carbons (Fsp3) is 0.462. The van der Waals surface area contributed by atoms with Crippen molar-refractivity contribution in [3.8, 4) is 0 Å². The minimum absolute atomic E-state index is 0.00323. The van der Waals surface area contributed by atoms with Gasteiger partial charge in [0.1, 0.15) is 0 Å². The third kappa shape index (κ3) is 5.50. The van der Waals surface area contributed by atoms with Crippen molar-refractivity contribution in [2.24, 2.45) is 11.8 Å². The molecule has 2 amide bonds. The topological polar surface area (TPSA) is 49.4 Å². The number of benzene rings is 2. The largest absolute Gasteiger partial charge is 0.339 e. The van der Waals surface area contributed by atoms with Crippen molar-refractivity contribution in [3.63, 3.8) is 0 Å². The zero-order chi connectivity index (χ0) is 21.7. The Labute approximate surface area is 180 Å². The van der Waals surface area contributed by atoms with Gasteiger partial charge in [0.2, 0.25) is 5.91 Å². The normalized spacial score (nSPS) is 15.8. The summed E-state index contributed by atoms with van der Waals surface area (Å²) in [6.45, 7) is 10.1. The number of nitrogens with one attached hydrogen (secondary N) is 1. The van der Waals surface area contributed by atoms with E-state index in [0.717, 1.165) is 37.9 Å². The molecule has 0 aromatic heterocycles. The fourth-order valence-electron chi connectivity index (χ4n) is 3.97. The second kappa shape index (κ2) is 9.92. The quantitative estimate of drug-likeness (QED) is 0.689. The molecule has 1 fully saturated rings. The number of piperidine rings is 1. The van der Waals surface area contributed by atoms with Gasteiger partial charge in [-0.15, -0.1) is 0 Å². The molecular weight excluding hydrogens is 372 g/mol. The lowest BCUT2D eigenvalue weighted by atomic mass is 9.96. The van der Waals surface area contributed by atoms with Gasteiger partial charge in [-0.05, 0) is 61.3 Å². The molecule has 0 aliphatic carbocycles. The molecule has 1 saturated heterocycles. The van der Waals surface area contributed by atoms with E-state index >= 15 is 0 Å². The number of carbonyl (C=O) groups is 2. The van der Waals surface area contributed by atoms with E-state index < -0.39 is 0 Å². The Morgan fingerprint density at radius 3 is 2.27 bits per heavy atom. The number of carbonyl (C=O) groups excluding carboxylic acids is 2. The van der Waals surface area contributed by atoms with E-state index in [2.05, 4.69) is 38.2 Å². The van der Waals surface area contributed by atoms with Crippen LogP contribution in [0.25, 0.3) is 0 Å². The minimum Gasteiger partial charge on any atom is -0.339 e. The van der Waals surface area contributed by atoms with Crippen molar-refractivity contribution in [2.45, 2.75) is 52.9 Å². The van der Waals surface area contributed by atoms with Crippen LogP contribution >= 0.6 is 0 Å². The summed E-state index contributed by atoms with van der Waals surface area (Å²) >= 11 is 0. The van der Waals surface area contributed by atoms with Crippen LogP contribution in [0.5, 0.6) is 0 Å². The summed E-state index contributed by atoms with van der Waals surface area (Å²) in [5, 5.41) is 3.00. The van der Waals surface area contributed by atoms with E-state index in [-0.39, 0.29) is 17.7 Å². The first-order valence-electron chi connectivity index (χ1n) is 11.1. The van der Waals surface area contributed by atoms with Crippen molar-refractivity contribution in [2.75, 3.05) is 18.4 Å². The van der Waals surface area contributed by atoms with E-state index in [0.29, 0.717) is 23.1 Å². The van der Waals surface area contributed by atoms with Crippen LogP contribution in [-0.2, 0) is 11.2 Å². The Morgan fingerprint density at radius 2 is 1.63 bits per heavy atom. The molecule has 1 unspecified atom stereocenters. The number of rotatable bonds is 6. The first kappa shape index (κ1) is 22.1. The van der Waals surface area contributed by atoms with E-state index in [1.807, 2.05) is 42.2 Å². The van der Waals surface area contributed by atoms with Gasteiger partial charge < -0.3 is 10.2 Å². The predicted molar refractivity (Wildman–Crippen MR) is 123 cm³/mol. The third-order valence-corrected chi connectivity index (χ3v) is 6.00. The standard InChI is InChI=1S/C26H34N2O2/c1-18(2)17-21-9-11-22(12-10-21)20(4)25(29)27-24-8-6-5-7-23(24)26(30)28-15-13-19(3)14-16-28/h5-12,18-20H,13-17H2,1-4H3,(H,27,29). The monoisotopic (exact) mass is 406 g/mol. The summed E-state index contributed by atoms with van der Waals surface area (Å²) in [6, 6.07) is 15.6. The molecule has 0 bridgehead atoms. The number of likely N-dealkylation sites (tertiary alicyclic amines) is 1. The lowest BCUT2D eigenvalue weighted by Gasteiger charge is -2.31. The van der Waals surface area contributed by atoms with Crippen LogP contribution in [0.15, 0.2) is 48.5 Å². The third-order valence-electron chi connectivity index (χ3n) is 6.00. The summed E-state index contributed by atoms with van der Waals surface area (Å²) in [4.78, 5) is 27.9. The van der Waals surface area contributed by atoms with Crippen molar-refractivity contribution in [1.82, 2.24) is 4.90 Å². The number of amides is 2. The Morgan fingerprint density at radius 1 is 1.00 bits per heavy atom. The molecule has 1 N–H and O–H groups in total. The average Bonchev–Trinajstić information content (AvgIpc) is 2.74. The minimum atomic E-state index is -0.294. The van der Waals surface area contributed by atoms with Gasteiger partial charge in [0.15, 0.2) is 0 Å². The fourth-order valence-corrected chi connectivity index (χ4v) is 3.97. The van der Waals surface area contributed by atoms with Crippen LogP contribution in [0.2, 0.25) is 0 Å². The molecule has 4 nitrogen and oxygen atoms in total. The maximum Gasteiger partial charge on any atom is 0.255 e. The molecule has 0 radical (unpaired) electrons. The molecule has 0 spiro atoms. The van der Waals surface area contributed by atoms with Gasteiger partial charge in [-0.3, -0.25) is 9.59 Å². The van der Waals surface area contributed by atoms with Gasteiger partial charge >= 0.3 is 0 Å². The van der Waals surface area contributed by atoms with Gasteiger partial charge in [0.05, 0.1) is 17.2 Å². The van der Waals surface area contributed by atoms with Crippen LogP contribution in [0.4, 0.5) is 5.69 Å². The number of para-hydroxylation sites is 1. The van der Waals surface area contributed by atoms with Gasteiger partial charge in [0.25, 0.3) is 5.91 Å². The maximum absolute atomic E-state index is 13.0. The molecule has 2 aromatic rings. The van der Waals surface area contributed by atoms with Crippen LogP contribution in [0.3, 0.4) is 0 Å². The highest BCUT2D eigenvalue weighted by Gasteiger charge is 2.24. The lowest BCUT2D eigenvalue weighted by Crippen LogP contribution is -2.38. The maximum atomic E-state index is 13.0. The van der Waals surface area contributed by atoms with Crippen molar-refractivity contribution in [1.29, 1.82) is 0 Å². The predicted octanol–water partition coefficient (Wildman–Crippen LogP) is 5.50. The van der Waals surface area contributed by atoms with Crippen LogP contribution < -0.4 is 5.32 Å². The number of anilines is 1. The van der Waals surface area contributed by atoms with Crippen LogP contribution in [0.1, 0.15) is 67.9 Å². The zero-order valence-corrected chi connectivity index (χ0v) is 18.7. The van der Waals surface area contributed by atoms with Crippen LogP contribution in [-0.4, -0.2) is 29.8 Å². The molecule has 1 aliphatic heterocycles. The molecule has 1 atom stereocenters. The Kier molecular flexibility index (Phi) is 7.30. The van der Waals surface area contributed by atoms with E-state index in [1.54, 1.807) is 6.07 Å². The summed E-state index contributed by atoms with van der Waals surface area (Å²) in [7, 11) is 0. The van der Waals surface area contributed by atoms with E-state index in [9.17, 15) is 9.59 Å². The Hall–Kier alpha value is -2.62. The molecule has 0 saturated carbocycles. The van der Waals surface area contributed by atoms with E-state index in [4.69, 9.17) is 0 Å². The highest BCUT2D eigenvalue weighted by atomic mass is 16.2. The smallest absolute Gasteiger partial charge is 0.255 e. The van der Waals surface area contributed by atoms with Crippen molar-refractivity contribution < 1.29 is 9.59 Å². The lowest BCUT2D eigenvalue weighted by molar-refractivity contribution is -0.117. The first-order valence-corrected chi connectivity index (χ1v) is 11.1. The van der Waals surface area contributed by atoms with Crippen LogP contribution in [0, 0.1) is 11.8 Å². The highest BCUT2D eigenvalue weighted by Crippen LogP contribution is 2.24.